The first-order valence-electron chi connectivity index (χ1n) is 9.05. The largest absolute Gasteiger partial charge is 0.484 e. The topological polar surface area (TPSA) is 58.6 Å². The van der Waals surface area contributed by atoms with Crippen LogP contribution in [0.3, 0.4) is 0 Å². The molecule has 27 heavy (non-hydrogen) atoms. The Balaban J connectivity index is 1.43. The summed E-state index contributed by atoms with van der Waals surface area (Å²) in [7, 11) is 0. The maximum Gasteiger partial charge on any atom is 0.260 e. The van der Waals surface area contributed by atoms with E-state index in [-0.39, 0.29) is 24.5 Å². The van der Waals surface area contributed by atoms with Crippen LogP contribution in [-0.2, 0) is 4.79 Å². The fourth-order valence-electron chi connectivity index (χ4n) is 3.07. The van der Waals surface area contributed by atoms with Crippen molar-refractivity contribution in [2.45, 2.75) is 25.8 Å². The van der Waals surface area contributed by atoms with Gasteiger partial charge in [-0.05, 0) is 55.7 Å². The molecular formula is C21H23ClN2O3. The number of likely N-dealkylation sites (tertiary alicyclic amines) is 1. The van der Waals surface area contributed by atoms with Gasteiger partial charge in [-0.25, -0.2) is 0 Å². The molecule has 0 saturated carbocycles. The van der Waals surface area contributed by atoms with Crippen LogP contribution in [-0.4, -0.2) is 42.5 Å². The summed E-state index contributed by atoms with van der Waals surface area (Å²) < 4.78 is 5.59. The van der Waals surface area contributed by atoms with E-state index in [1.54, 1.807) is 29.2 Å². The predicted molar refractivity (Wildman–Crippen MR) is 105 cm³/mol. The highest BCUT2D eigenvalue weighted by atomic mass is 35.5. The molecule has 3 rings (SSSR count). The van der Waals surface area contributed by atoms with Gasteiger partial charge in [-0.3, -0.25) is 9.59 Å². The van der Waals surface area contributed by atoms with Gasteiger partial charge in [0, 0.05) is 29.7 Å². The van der Waals surface area contributed by atoms with Crippen LogP contribution in [0.25, 0.3) is 0 Å². The minimum Gasteiger partial charge on any atom is -0.484 e. The van der Waals surface area contributed by atoms with Gasteiger partial charge in [-0.1, -0.05) is 29.8 Å². The highest BCUT2D eigenvalue weighted by Crippen LogP contribution is 2.21. The average Bonchev–Trinajstić information content (AvgIpc) is 2.70. The number of nitrogens with one attached hydrogen (secondary N) is 1. The molecular weight excluding hydrogens is 364 g/mol. The van der Waals surface area contributed by atoms with Crippen molar-refractivity contribution in [2.24, 2.45) is 0 Å². The number of carbonyl (C=O) groups excluding carboxylic acids is 2. The van der Waals surface area contributed by atoms with E-state index in [1.165, 1.54) is 0 Å². The standard InChI is InChI=1S/C21H23ClN2O3/c1-15-13-18(7-8-19(15)22)27-14-20(25)24-11-9-17(10-12-24)23-21(26)16-5-3-2-4-6-16/h2-8,13,17H,9-12,14H2,1H3,(H,23,26). The van der Waals surface area contributed by atoms with Crippen LogP contribution in [0.4, 0.5) is 0 Å². The molecule has 0 atom stereocenters. The third-order valence-electron chi connectivity index (χ3n) is 4.71. The molecule has 5 nitrogen and oxygen atoms in total. The van der Waals surface area contributed by atoms with E-state index in [4.69, 9.17) is 16.3 Å². The van der Waals surface area contributed by atoms with Gasteiger partial charge in [0.05, 0.1) is 0 Å². The number of benzene rings is 2. The number of hydrogen-bond donors (Lipinski definition) is 1. The fourth-order valence-corrected chi connectivity index (χ4v) is 3.19. The number of halogens is 1. The summed E-state index contributed by atoms with van der Waals surface area (Å²) in [6.45, 7) is 3.12. The quantitative estimate of drug-likeness (QED) is 0.856. The summed E-state index contributed by atoms with van der Waals surface area (Å²) in [5.74, 6) is 0.521. The molecule has 0 radical (unpaired) electrons. The maximum atomic E-state index is 12.4. The first-order valence-corrected chi connectivity index (χ1v) is 9.43. The number of rotatable bonds is 5. The van der Waals surface area contributed by atoms with Gasteiger partial charge in [0.1, 0.15) is 5.75 Å². The average molecular weight is 387 g/mol. The predicted octanol–water partition coefficient (Wildman–Crippen LogP) is 3.45. The summed E-state index contributed by atoms with van der Waals surface area (Å²) >= 11 is 5.99. The monoisotopic (exact) mass is 386 g/mol. The number of carbonyl (C=O) groups is 2. The molecule has 1 saturated heterocycles. The van der Waals surface area contributed by atoms with Crippen molar-refractivity contribution in [1.82, 2.24) is 10.2 Å². The fraction of sp³-hybridized carbons (Fsp3) is 0.333. The smallest absolute Gasteiger partial charge is 0.260 e. The Bertz CT molecular complexity index is 802. The summed E-state index contributed by atoms with van der Waals surface area (Å²) in [5, 5.41) is 3.72. The number of amides is 2. The number of nitrogens with zero attached hydrogens (tertiary/aromatic N) is 1. The van der Waals surface area contributed by atoms with Crippen molar-refractivity contribution in [2.75, 3.05) is 19.7 Å². The zero-order valence-electron chi connectivity index (χ0n) is 15.3. The van der Waals surface area contributed by atoms with E-state index in [0.29, 0.717) is 29.4 Å². The second-order valence-electron chi connectivity index (χ2n) is 6.69. The van der Waals surface area contributed by atoms with Gasteiger partial charge in [-0.15, -0.1) is 0 Å². The lowest BCUT2D eigenvalue weighted by Gasteiger charge is -2.32. The van der Waals surface area contributed by atoms with Crippen LogP contribution in [0.5, 0.6) is 5.75 Å². The molecule has 0 unspecified atom stereocenters. The zero-order chi connectivity index (χ0) is 19.2. The molecule has 0 aromatic heterocycles. The number of aryl methyl sites for hydroxylation is 1. The van der Waals surface area contributed by atoms with Crippen LogP contribution < -0.4 is 10.1 Å². The Labute approximate surface area is 164 Å². The van der Waals surface area contributed by atoms with Crippen molar-refractivity contribution >= 4 is 23.4 Å². The Morgan fingerprint density at radius 2 is 1.85 bits per heavy atom. The third kappa shape index (κ3) is 5.23. The van der Waals surface area contributed by atoms with Crippen LogP contribution in [0.1, 0.15) is 28.8 Å². The van der Waals surface area contributed by atoms with Gasteiger partial charge in [0.2, 0.25) is 0 Å². The van der Waals surface area contributed by atoms with Crippen LogP contribution in [0.2, 0.25) is 5.02 Å². The van der Waals surface area contributed by atoms with Gasteiger partial charge >= 0.3 is 0 Å². The van der Waals surface area contributed by atoms with Gasteiger partial charge in [-0.2, -0.15) is 0 Å². The Morgan fingerprint density at radius 3 is 2.52 bits per heavy atom. The molecule has 0 bridgehead atoms. The lowest BCUT2D eigenvalue weighted by Crippen LogP contribution is -2.47. The summed E-state index contributed by atoms with van der Waals surface area (Å²) in [6, 6.07) is 14.6. The maximum absolute atomic E-state index is 12.4. The molecule has 2 amide bonds. The third-order valence-corrected chi connectivity index (χ3v) is 5.13. The number of hydrogen-bond acceptors (Lipinski definition) is 3. The highest BCUT2D eigenvalue weighted by molar-refractivity contribution is 6.31. The molecule has 0 aliphatic carbocycles. The SMILES string of the molecule is Cc1cc(OCC(=O)N2CCC(NC(=O)c3ccccc3)CC2)ccc1Cl. The lowest BCUT2D eigenvalue weighted by atomic mass is 10.0. The van der Waals surface area contributed by atoms with Crippen molar-refractivity contribution in [3.63, 3.8) is 0 Å². The second kappa shape index (κ2) is 8.91. The molecule has 0 spiro atoms. The van der Waals surface area contributed by atoms with E-state index in [9.17, 15) is 9.59 Å². The first-order chi connectivity index (χ1) is 13.0. The Hall–Kier alpha value is -2.53. The molecule has 1 aliphatic heterocycles. The van der Waals surface area contributed by atoms with E-state index in [1.807, 2.05) is 31.2 Å². The molecule has 1 N–H and O–H groups in total. The zero-order valence-corrected chi connectivity index (χ0v) is 16.0. The lowest BCUT2D eigenvalue weighted by molar-refractivity contribution is -0.134. The Kier molecular flexibility index (Phi) is 6.35. The molecule has 2 aromatic carbocycles. The second-order valence-corrected chi connectivity index (χ2v) is 7.10. The number of ether oxygens (including phenoxy) is 1. The summed E-state index contributed by atoms with van der Waals surface area (Å²) in [5.41, 5.74) is 1.57. The Morgan fingerprint density at radius 1 is 1.15 bits per heavy atom. The molecule has 6 heteroatoms. The minimum atomic E-state index is -0.0678. The number of piperidine rings is 1. The normalized spacial score (nSPS) is 14.7. The molecule has 2 aromatic rings. The van der Waals surface area contributed by atoms with Crippen LogP contribution in [0, 0.1) is 6.92 Å². The first kappa shape index (κ1) is 19.2. The van der Waals surface area contributed by atoms with Crippen LogP contribution >= 0.6 is 11.6 Å². The summed E-state index contributed by atoms with van der Waals surface area (Å²) in [4.78, 5) is 26.4. The molecule has 142 valence electrons. The highest BCUT2D eigenvalue weighted by Gasteiger charge is 2.24. The summed E-state index contributed by atoms with van der Waals surface area (Å²) in [6.07, 6.45) is 1.48. The van der Waals surface area contributed by atoms with Crippen LogP contribution in [0.15, 0.2) is 48.5 Å². The molecule has 1 aliphatic rings. The van der Waals surface area contributed by atoms with Crippen molar-refractivity contribution in [3.05, 3.63) is 64.7 Å². The van der Waals surface area contributed by atoms with E-state index in [2.05, 4.69) is 5.32 Å². The van der Waals surface area contributed by atoms with Crippen molar-refractivity contribution in [1.29, 1.82) is 0 Å². The van der Waals surface area contributed by atoms with E-state index >= 15 is 0 Å². The van der Waals surface area contributed by atoms with Gasteiger partial charge in [0.15, 0.2) is 6.61 Å². The molecule has 1 fully saturated rings. The van der Waals surface area contributed by atoms with Crippen molar-refractivity contribution in [3.8, 4) is 5.75 Å². The van der Waals surface area contributed by atoms with Crippen molar-refractivity contribution < 1.29 is 14.3 Å². The van der Waals surface area contributed by atoms with Gasteiger partial charge < -0.3 is 15.0 Å². The van der Waals surface area contributed by atoms with Gasteiger partial charge in [0.25, 0.3) is 11.8 Å². The molecule has 1 heterocycles. The van der Waals surface area contributed by atoms with E-state index in [0.717, 1.165) is 18.4 Å². The minimum absolute atomic E-state index is 0.00210. The van der Waals surface area contributed by atoms with E-state index < -0.39 is 0 Å².